The Morgan fingerprint density at radius 2 is 1.63 bits per heavy atom. The van der Waals surface area contributed by atoms with Gasteiger partial charge in [0.2, 0.25) is 0 Å². The molecular weight excluding hydrogens is 400 g/mol. The molecule has 0 aromatic heterocycles. The molecule has 0 radical (unpaired) electrons. The smallest absolute Gasteiger partial charge is 0.282 e. The molecule has 0 saturated heterocycles. The number of hydrogen-bond donors (Lipinski definition) is 1. The number of amides is 2. The van der Waals surface area contributed by atoms with Gasteiger partial charge in [-0.1, -0.05) is 60.1 Å². The third kappa shape index (κ3) is 3.67. The number of halogens is 1. The second-order valence-corrected chi connectivity index (χ2v) is 7.01. The van der Waals surface area contributed by atoms with E-state index in [1.54, 1.807) is 42.5 Å². The second-order valence-electron chi connectivity index (χ2n) is 6.60. The molecule has 3 aromatic carbocycles. The van der Waals surface area contributed by atoms with Gasteiger partial charge in [0.25, 0.3) is 11.8 Å². The molecule has 3 aromatic rings. The summed E-state index contributed by atoms with van der Waals surface area (Å²) in [5.41, 5.74) is 2.13. The van der Waals surface area contributed by atoms with E-state index < -0.39 is 11.8 Å². The van der Waals surface area contributed by atoms with Gasteiger partial charge in [-0.15, -0.1) is 0 Å². The zero-order chi connectivity index (χ0) is 21.1. The number of hydrogen-bond acceptors (Lipinski definition) is 4. The molecule has 1 aliphatic heterocycles. The van der Waals surface area contributed by atoms with Crippen LogP contribution in [0.1, 0.15) is 12.5 Å². The summed E-state index contributed by atoms with van der Waals surface area (Å²) in [6, 6.07) is 23.2. The van der Waals surface area contributed by atoms with Crippen LogP contribution in [0.5, 0.6) is 5.75 Å². The number of anilines is 2. The van der Waals surface area contributed by atoms with Crippen LogP contribution in [0.15, 0.2) is 84.6 Å². The molecule has 0 aliphatic carbocycles. The maximum atomic E-state index is 13.4. The summed E-state index contributed by atoms with van der Waals surface area (Å²) in [5.74, 6) is -0.222. The highest BCUT2D eigenvalue weighted by Crippen LogP contribution is 2.36. The Morgan fingerprint density at radius 1 is 0.900 bits per heavy atom. The molecule has 5 nitrogen and oxygen atoms in total. The number of carbonyl (C=O) groups is 2. The zero-order valence-corrected chi connectivity index (χ0v) is 17.0. The van der Waals surface area contributed by atoms with Gasteiger partial charge in [-0.05, 0) is 36.8 Å². The summed E-state index contributed by atoms with van der Waals surface area (Å²) in [5, 5.41) is 3.46. The molecule has 0 saturated carbocycles. The highest BCUT2D eigenvalue weighted by molar-refractivity contribution is 6.48. The summed E-state index contributed by atoms with van der Waals surface area (Å²) in [4.78, 5) is 27.8. The van der Waals surface area contributed by atoms with E-state index >= 15 is 0 Å². The molecule has 0 bridgehead atoms. The van der Waals surface area contributed by atoms with Crippen LogP contribution in [0.25, 0.3) is 5.57 Å². The van der Waals surface area contributed by atoms with E-state index in [0.29, 0.717) is 39.9 Å². The maximum absolute atomic E-state index is 13.4. The molecule has 0 spiro atoms. The Labute approximate surface area is 179 Å². The van der Waals surface area contributed by atoms with Crippen LogP contribution in [-0.2, 0) is 9.59 Å². The van der Waals surface area contributed by atoms with Crippen LogP contribution < -0.4 is 15.0 Å². The fourth-order valence-corrected chi connectivity index (χ4v) is 3.57. The van der Waals surface area contributed by atoms with Crippen molar-refractivity contribution < 1.29 is 14.3 Å². The first-order chi connectivity index (χ1) is 14.6. The van der Waals surface area contributed by atoms with Crippen molar-refractivity contribution in [2.45, 2.75) is 6.92 Å². The number of nitrogens with one attached hydrogen (secondary N) is 1. The molecule has 6 heteroatoms. The van der Waals surface area contributed by atoms with Crippen LogP contribution >= 0.6 is 11.6 Å². The monoisotopic (exact) mass is 418 g/mol. The minimum atomic E-state index is -0.464. The predicted molar refractivity (Wildman–Crippen MR) is 119 cm³/mol. The van der Waals surface area contributed by atoms with Gasteiger partial charge >= 0.3 is 0 Å². The third-order valence-electron chi connectivity index (χ3n) is 4.65. The van der Waals surface area contributed by atoms with Gasteiger partial charge in [0, 0.05) is 11.8 Å². The highest BCUT2D eigenvalue weighted by Gasteiger charge is 2.41. The first kappa shape index (κ1) is 19.7. The number of nitrogens with zero attached hydrogens (tertiary/aromatic N) is 1. The fourth-order valence-electron chi connectivity index (χ4n) is 3.34. The Hall–Kier alpha value is -3.57. The zero-order valence-electron chi connectivity index (χ0n) is 16.3. The first-order valence-corrected chi connectivity index (χ1v) is 9.91. The molecule has 0 unspecified atom stereocenters. The van der Waals surface area contributed by atoms with Crippen LogP contribution in [-0.4, -0.2) is 18.4 Å². The van der Waals surface area contributed by atoms with E-state index in [2.05, 4.69) is 5.32 Å². The lowest BCUT2D eigenvalue weighted by atomic mass is 10.0. The van der Waals surface area contributed by atoms with Crippen molar-refractivity contribution in [3.8, 4) is 5.75 Å². The summed E-state index contributed by atoms with van der Waals surface area (Å²) in [6.45, 7) is 2.43. The minimum absolute atomic E-state index is 0.194. The van der Waals surface area contributed by atoms with Crippen molar-refractivity contribution >= 4 is 40.4 Å². The molecule has 30 heavy (non-hydrogen) atoms. The van der Waals surface area contributed by atoms with E-state index in [4.69, 9.17) is 16.3 Å². The largest absolute Gasteiger partial charge is 0.494 e. The van der Waals surface area contributed by atoms with Gasteiger partial charge in [0.1, 0.15) is 11.4 Å². The van der Waals surface area contributed by atoms with Crippen LogP contribution in [0.2, 0.25) is 5.02 Å². The third-order valence-corrected chi connectivity index (χ3v) is 4.97. The van der Waals surface area contributed by atoms with Gasteiger partial charge in [-0.3, -0.25) is 9.59 Å². The summed E-state index contributed by atoms with van der Waals surface area (Å²) in [7, 11) is 0. The van der Waals surface area contributed by atoms with E-state index in [0.717, 1.165) is 4.90 Å². The lowest BCUT2D eigenvalue weighted by Crippen LogP contribution is -2.32. The second kappa shape index (κ2) is 8.43. The van der Waals surface area contributed by atoms with Gasteiger partial charge in [0.15, 0.2) is 0 Å². The maximum Gasteiger partial charge on any atom is 0.282 e. The number of ether oxygens (including phenoxy) is 1. The van der Waals surface area contributed by atoms with Gasteiger partial charge < -0.3 is 10.1 Å². The van der Waals surface area contributed by atoms with Crippen molar-refractivity contribution in [3.63, 3.8) is 0 Å². The Morgan fingerprint density at radius 3 is 2.37 bits per heavy atom. The van der Waals surface area contributed by atoms with E-state index in [-0.39, 0.29) is 5.70 Å². The Kier molecular flexibility index (Phi) is 5.55. The molecule has 4 rings (SSSR count). The van der Waals surface area contributed by atoms with Crippen molar-refractivity contribution in [2.24, 2.45) is 0 Å². The fraction of sp³-hybridized carbons (Fsp3) is 0.0833. The molecule has 1 aliphatic rings. The Balaban J connectivity index is 1.80. The molecule has 1 N–H and O–H groups in total. The quantitative estimate of drug-likeness (QED) is 0.563. The van der Waals surface area contributed by atoms with E-state index in [9.17, 15) is 9.59 Å². The van der Waals surface area contributed by atoms with Crippen LogP contribution in [0.4, 0.5) is 11.4 Å². The SMILES string of the molecule is CCOc1cccc(NC2=C(c3ccccc3)C(=O)N(c3ccccc3Cl)C2=O)c1. The predicted octanol–water partition coefficient (Wildman–Crippen LogP) is 5.14. The van der Waals surface area contributed by atoms with Gasteiger partial charge in [-0.2, -0.15) is 0 Å². The Bertz CT molecular complexity index is 1140. The molecule has 150 valence electrons. The average molecular weight is 419 g/mol. The lowest BCUT2D eigenvalue weighted by Gasteiger charge is -2.16. The van der Waals surface area contributed by atoms with Gasteiger partial charge in [-0.25, -0.2) is 4.90 Å². The van der Waals surface area contributed by atoms with Crippen molar-refractivity contribution in [1.29, 1.82) is 0 Å². The van der Waals surface area contributed by atoms with Gasteiger partial charge in [0.05, 0.1) is 22.9 Å². The van der Waals surface area contributed by atoms with E-state index in [1.807, 2.05) is 43.3 Å². The molecule has 1 heterocycles. The summed E-state index contributed by atoms with van der Waals surface area (Å²) >= 11 is 6.29. The number of benzene rings is 3. The molecule has 2 amide bonds. The number of imide groups is 1. The van der Waals surface area contributed by atoms with Crippen LogP contribution in [0, 0.1) is 0 Å². The van der Waals surface area contributed by atoms with Crippen molar-refractivity contribution in [1.82, 2.24) is 0 Å². The summed E-state index contributed by atoms with van der Waals surface area (Å²) in [6.07, 6.45) is 0. The van der Waals surface area contributed by atoms with E-state index in [1.165, 1.54) is 0 Å². The summed E-state index contributed by atoms with van der Waals surface area (Å²) < 4.78 is 5.54. The van der Waals surface area contributed by atoms with Crippen molar-refractivity contribution in [3.05, 3.63) is 95.1 Å². The number of para-hydroxylation sites is 1. The lowest BCUT2D eigenvalue weighted by molar-refractivity contribution is -0.120. The average Bonchev–Trinajstić information content (AvgIpc) is 2.99. The topological polar surface area (TPSA) is 58.6 Å². The number of rotatable bonds is 6. The standard InChI is InChI=1S/C24H19ClN2O3/c1-2-30-18-12-8-11-17(15-18)26-22-21(16-9-4-3-5-10-16)23(28)27(24(22)29)20-14-7-6-13-19(20)25/h3-15,26H,2H2,1H3. The van der Waals surface area contributed by atoms with Crippen molar-refractivity contribution in [2.75, 3.05) is 16.8 Å². The van der Waals surface area contributed by atoms with Crippen LogP contribution in [0.3, 0.4) is 0 Å². The highest BCUT2D eigenvalue weighted by atomic mass is 35.5. The first-order valence-electron chi connectivity index (χ1n) is 9.53. The molecular formula is C24H19ClN2O3. The minimum Gasteiger partial charge on any atom is -0.494 e. The molecule has 0 fully saturated rings. The normalized spacial score (nSPS) is 13.7. The molecule has 0 atom stereocenters. The number of carbonyl (C=O) groups excluding carboxylic acids is 2.